The highest BCUT2D eigenvalue weighted by Gasteiger charge is 2.20. The van der Waals surface area contributed by atoms with E-state index in [1.807, 2.05) is 0 Å². The fourth-order valence-electron chi connectivity index (χ4n) is 4.11. The van der Waals surface area contributed by atoms with Crippen molar-refractivity contribution in [3.8, 4) is 22.3 Å². The second-order valence-electron chi connectivity index (χ2n) is 7.46. The summed E-state index contributed by atoms with van der Waals surface area (Å²) in [6.07, 6.45) is 5.68. The van der Waals surface area contributed by atoms with Crippen molar-refractivity contribution in [2.24, 2.45) is 5.92 Å². The minimum Gasteiger partial charge on any atom is -0.137 e. The van der Waals surface area contributed by atoms with Gasteiger partial charge in [-0.2, -0.15) is 0 Å². The van der Waals surface area contributed by atoms with Gasteiger partial charge in [-0.15, -0.1) is 27.7 Å². The van der Waals surface area contributed by atoms with Crippen LogP contribution in [-0.2, 0) is 25.2 Å². The minimum atomic E-state index is 0.804. The zero-order valence-electron chi connectivity index (χ0n) is 15.6. The van der Waals surface area contributed by atoms with Gasteiger partial charge in [0.2, 0.25) is 0 Å². The molecule has 0 nitrogen and oxygen atoms in total. The van der Waals surface area contributed by atoms with E-state index in [0.717, 1.165) is 18.2 Å². The van der Waals surface area contributed by atoms with Crippen molar-refractivity contribution in [2.75, 3.05) is 6.16 Å². The molecule has 138 valence electrons. The van der Waals surface area contributed by atoms with Crippen LogP contribution >= 0.6 is 27.7 Å². The van der Waals surface area contributed by atoms with E-state index < -0.39 is 0 Å². The second-order valence-corrected chi connectivity index (χ2v) is 8.75. The summed E-state index contributed by atoms with van der Waals surface area (Å²) in [6.45, 7) is 0. The van der Waals surface area contributed by atoms with Crippen LogP contribution in [0.2, 0.25) is 0 Å². The van der Waals surface area contributed by atoms with Gasteiger partial charge in [0, 0.05) is 0 Å². The summed E-state index contributed by atoms with van der Waals surface area (Å²) in [7, 11) is 8.59. The molecule has 0 bridgehead atoms. The Hall–Kier alpha value is -1.05. The van der Waals surface area contributed by atoms with Crippen molar-refractivity contribution < 1.29 is 0 Å². The van der Waals surface area contributed by atoms with Crippen molar-refractivity contribution in [1.29, 1.82) is 0 Å². The first-order chi connectivity index (χ1) is 13.2. The van der Waals surface area contributed by atoms with Gasteiger partial charge in [0.25, 0.3) is 0 Å². The molecule has 4 rings (SSSR count). The molecule has 0 aliphatic heterocycles. The summed E-state index contributed by atoms with van der Waals surface area (Å²) >= 11 is 0. The third-order valence-corrected chi connectivity index (χ3v) is 7.30. The molecular weight excluding hydrogens is 381 g/mol. The van der Waals surface area contributed by atoms with E-state index in [1.54, 1.807) is 11.1 Å². The Balaban J connectivity index is 1.60. The van der Waals surface area contributed by atoms with Gasteiger partial charge < -0.3 is 0 Å². The maximum Gasteiger partial charge on any atom is -0.0125 e. The molecule has 4 atom stereocenters. The number of rotatable bonds is 5. The molecule has 1 aliphatic carbocycles. The molecule has 1 aliphatic rings. The fourth-order valence-corrected chi connectivity index (χ4v) is 5.22. The molecule has 0 saturated carbocycles. The zero-order chi connectivity index (χ0) is 18.8. The summed E-state index contributed by atoms with van der Waals surface area (Å²) < 4.78 is 0. The van der Waals surface area contributed by atoms with Gasteiger partial charge in [0.05, 0.1) is 0 Å². The maximum atomic E-state index is 2.90. The zero-order valence-corrected chi connectivity index (χ0v) is 19.1. The average molecular weight is 408 g/mol. The average Bonchev–Trinajstić information content (AvgIpc) is 3.16. The van der Waals surface area contributed by atoms with Crippen LogP contribution in [0.5, 0.6) is 0 Å². The molecular formula is C24H27P3. The normalized spacial score (nSPS) is 15.7. The Labute approximate surface area is 170 Å². The first-order valence-corrected chi connectivity index (χ1v) is 12.1. The van der Waals surface area contributed by atoms with E-state index in [2.05, 4.69) is 88.4 Å². The first-order valence-electron chi connectivity index (χ1n) is 9.66. The molecule has 0 heterocycles. The van der Waals surface area contributed by atoms with Crippen LogP contribution in [0.4, 0.5) is 0 Å². The summed E-state index contributed by atoms with van der Waals surface area (Å²) in [5.74, 6) is 0.804. The van der Waals surface area contributed by atoms with Crippen LogP contribution < -0.4 is 0 Å². The lowest BCUT2D eigenvalue weighted by Crippen LogP contribution is -1.99. The van der Waals surface area contributed by atoms with Gasteiger partial charge >= 0.3 is 0 Å². The standard InChI is InChI=1S/C24H27P3/c25-13-16-9-19-5-6-20(11-23(19)10-16)17-1-3-18(4-2-17)21-7-8-22(14-26)24(12-21)15-27/h1-8,11-12,16H,9-10,13-15,25-27H2. The van der Waals surface area contributed by atoms with Gasteiger partial charge in [0.15, 0.2) is 0 Å². The van der Waals surface area contributed by atoms with E-state index in [0.29, 0.717) is 0 Å². The van der Waals surface area contributed by atoms with E-state index in [1.165, 1.54) is 52.4 Å². The van der Waals surface area contributed by atoms with Crippen molar-refractivity contribution in [2.45, 2.75) is 25.2 Å². The predicted octanol–water partition coefficient (Wildman–Crippen LogP) is 6.36. The topological polar surface area (TPSA) is 0 Å². The molecule has 0 saturated heterocycles. The maximum absolute atomic E-state index is 2.90. The van der Waals surface area contributed by atoms with Crippen LogP contribution in [0, 0.1) is 5.92 Å². The molecule has 3 aromatic carbocycles. The minimum absolute atomic E-state index is 0.804. The Morgan fingerprint density at radius 1 is 0.593 bits per heavy atom. The Morgan fingerprint density at radius 2 is 1.15 bits per heavy atom. The van der Waals surface area contributed by atoms with Gasteiger partial charge in [-0.3, -0.25) is 0 Å². The number of fused-ring (bicyclic) bond motifs is 1. The van der Waals surface area contributed by atoms with Crippen molar-refractivity contribution >= 4 is 27.7 Å². The van der Waals surface area contributed by atoms with E-state index in [9.17, 15) is 0 Å². The molecule has 0 N–H and O–H groups in total. The molecule has 0 amide bonds. The fraction of sp³-hybridized carbons (Fsp3) is 0.250. The molecule has 3 heteroatoms. The number of hydrogen-bond acceptors (Lipinski definition) is 0. The van der Waals surface area contributed by atoms with Gasteiger partial charge in [-0.25, -0.2) is 0 Å². The van der Waals surface area contributed by atoms with Crippen LogP contribution in [-0.4, -0.2) is 6.16 Å². The molecule has 0 fully saturated rings. The van der Waals surface area contributed by atoms with Crippen molar-refractivity contribution in [3.05, 3.63) is 82.9 Å². The monoisotopic (exact) mass is 408 g/mol. The van der Waals surface area contributed by atoms with Gasteiger partial charge in [-0.1, -0.05) is 60.7 Å². The highest BCUT2D eigenvalue weighted by atomic mass is 31.0. The number of benzene rings is 3. The number of hydrogen-bond donors (Lipinski definition) is 0. The largest absolute Gasteiger partial charge is 0.137 e. The van der Waals surface area contributed by atoms with Crippen LogP contribution in [0.1, 0.15) is 22.3 Å². The highest BCUT2D eigenvalue weighted by molar-refractivity contribution is 7.16. The smallest absolute Gasteiger partial charge is 0.0125 e. The second kappa shape index (κ2) is 8.53. The van der Waals surface area contributed by atoms with Crippen molar-refractivity contribution in [1.82, 2.24) is 0 Å². The molecule has 4 unspecified atom stereocenters. The lowest BCUT2D eigenvalue weighted by molar-refractivity contribution is 0.639. The molecule has 3 aromatic rings. The highest BCUT2D eigenvalue weighted by Crippen LogP contribution is 2.33. The summed E-state index contributed by atoms with van der Waals surface area (Å²) in [5.41, 5.74) is 11.2. The summed E-state index contributed by atoms with van der Waals surface area (Å²) in [6, 6.07) is 22.9. The summed E-state index contributed by atoms with van der Waals surface area (Å²) in [4.78, 5) is 0. The Morgan fingerprint density at radius 3 is 1.78 bits per heavy atom. The first kappa shape index (κ1) is 19.3. The SMILES string of the molecule is PCc1ccc(-c2ccc(-c3ccc4c(c3)CC(CP)C4)cc2)cc1CP. The molecule has 27 heavy (non-hydrogen) atoms. The van der Waals surface area contributed by atoms with E-state index >= 15 is 0 Å². The van der Waals surface area contributed by atoms with Crippen LogP contribution in [0.25, 0.3) is 22.3 Å². The molecule has 0 radical (unpaired) electrons. The van der Waals surface area contributed by atoms with E-state index in [4.69, 9.17) is 0 Å². The predicted molar refractivity (Wildman–Crippen MR) is 130 cm³/mol. The summed E-state index contributed by atoms with van der Waals surface area (Å²) in [5, 5.41) is 0. The quantitative estimate of drug-likeness (QED) is 0.431. The van der Waals surface area contributed by atoms with Gasteiger partial charge in [-0.05, 0) is 81.8 Å². The lowest BCUT2D eigenvalue weighted by atomic mass is 9.96. The molecule has 0 spiro atoms. The third kappa shape index (κ3) is 4.05. The van der Waals surface area contributed by atoms with Gasteiger partial charge in [0.1, 0.15) is 0 Å². The van der Waals surface area contributed by atoms with Crippen LogP contribution in [0.15, 0.2) is 60.7 Å². The molecule has 0 aromatic heterocycles. The Kier molecular flexibility index (Phi) is 6.09. The van der Waals surface area contributed by atoms with Crippen LogP contribution in [0.3, 0.4) is 0 Å². The van der Waals surface area contributed by atoms with Crippen molar-refractivity contribution in [3.63, 3.8) is 0 Å². The third-order valence-electron chi connectivity index (χ3n) is 5.75. The Bertz CT molecular complexity index is 944. The lowest BCUT2D eigenvalue weighted by Gasteiger charge is -2.10. The van der Waals surface area contributed by atoms with E-state index in [-0.39, 0.29) is 0 Å².